The van der Waals surface area contributed by atoms with Gasteiger partial charge in [0.2, 0.25) is 0 Å². The zero-order valence-electron chi connectivity index (χ0n) is 11.8. The van der Waals surface area contributed by atoms with E-state index in [4.69, 9.17) is 5.73 Å². The van der Waals surface area contributed by atoms with Gasteiger partial charge in [0, 0.05) is 12.1 Å². The van der Waals surface area contributed by atoms with Crippen LogP contribution in [0.25, 0.3) is 0 Å². The lowest BCUT2D eigenvalue weighted by Gasteiger charge is -2.39. The number of fused-ring (bicyclic) bond motifs is 2. The Morgan fingerprint density at radius 1 is 1.53 bits per heavy atom. The molecule has 0 saturated heterocycles. The highest BCUT2D eigenvalue weighted by atomic mass is 16.2. The van der Waals surface area contributed by atoms with E-state index in [1.807, 2.05) is 0 Å². The first-order valence-electron chi connectivity index (χ1n) is 6.96. The number of carbonyl (C=O) groups excluding carboxylic acids is 1. The van der Waals surface area contributed by atoms with Crippen LogP contribution in [-0.2, 0) is 0 Å². The highest BCUT2D eigenvalue weighted by molar-refractivity contribution is 5.93. The van der Waals surface area contributed by atoms with Crippen molar-refractivity contribution in [2.24, 2.45) is 16.7 Å². The topological polar surface area (TPSA) is 83.8 Å². The number of aromatic nitrogens is 2. The summed E-state index contributed by atoms with van der Waals surface area (Å²) >= 11 is 0. The van der Waals surface area contributed by atoms with E-state index in [1.165, 1.54) is 12.8 Å². The number of nitrogens with zero attached hydrogens (tertiary/aromatic N) is 1. The molecule has 1 aromatic heterocycles. The van der Waals surface area contributed by atoms with E-state index in [0.717, 1.165) is 12.3 Å². The van der Waals surface area contributed by atoms with Gasteiger partial charge < -0.3 is 11.1 Å². The highest BCUT2D eigenvalue weighted by Crippen LogP contribution is 2.65. The molecule has 3 unspecified atom stereocenters. The second-order valence-corrected chi connectivity index (χ2v) is 6.84. The van der Waals surface area contributed by atoms with Crippen molar-refractivity contribution < 1.29 is 4.79 Å². The molecule has 0 aliphatic heterocycles. The lowest BCUT2D eigenvalue weighted by molar-refractivity contribution is 0.0821. The van der Waals surface area contributed by atoms with Crippen molar-refractivity contribution in [2.75, 3.05) is 5.73 Å². The molecule has 19 heavy (non-hydrogen) atoms. The minimum Gasteiger partial charge on any atom is -0.382 e. The van der Waals surface area contributed by atoms with E-state index in [9.17, 15) is 4.79 Å². The maximum atomic E-state index is 12.2. The number of hydrogen-bond donors (Lipinski definition) is 3. The summed E-state index contributed by atoms with van der Waals surface area (Å²) in [5.41, 5.74) is 6.47. The lowest BCUT2D eigenvalue weighted by Crippen LogP contribution is -2.47. The Morgan fingerprint density at radius 3 is 2.74 bits per heavy atom. The maximum absolute atomic E-state index is 12.2. The zero-order valence-corrected chi connectivity index (χ0v) is 11.8. The van der Waals surface area contributed by atoms with Crippen LogP contribution < -0.4 is 11.1 Å². The van der Waals surface area contributed by atoms with E-state index in [2.05, 4.69) is 36.3 Å². The number of nitrogens with two attached hydrogens (primary N) is 1. The smallest absolute Gasteiger partial charge is 0.269 e. The maximum Gasteiger partial charge on any atom is 0.269 e. The third kappa shape index (κ3) is 1.60. The molecule has 2 bridgehead atoms. The molecule has 0 spiro atoms. The third-order valence-corrected chi connectivity index (χ3v) is 5.94. The van der Waals surface area contributed by atoms with Crippen molar-refractivity contribution in [3.8, 4) is 0 Å². The van der Waals surface area contributed by atoms with Crippen LogP contribution >= 0.6 is 0 Å². The van der Waals surface area contributed by atoms with Crippen LogP contribution in [0.3, 0.4) is 0 Å². The quantitative estimate of drug-likeness (QED) is 0.761. The molecule has 2 saturated carbocycles. The van der Waals surface area contributed by atoms with Gasteiger partial charge in [-0.05, 0) is 36.0 Å². The number of amides is 1. The number of nitrogen functional groups attached to an aromatic ring is 1. The molecule has 0 aromatic carbocycles. The molecule has 1 amide bonds. The number of carbonyl (C=O) groups is 1. The summed E-state index contributed by atoms with van der Waals surface area (Å²) in [6, 6.07) is 1.83. The van der Waals surface area contributed by atoms with Gasteiger partial charge in [-0.1, -0.05) is 20.8 Å². The van der Waals surface area contributed by atoms with Crippen LogP contribution in [0.4, 0.5) is 5.82 Å². The lowest BCUT2D eigenvalue weighted by atomic mass is 9.69. The molecule has 3 rings (SSSR count). The minimum absolute atomic E-state index is 0.0984. The molecule has 2 fully saturated rings. The van der Waals surface area contributed by atoms with Crippen molar-refractivity contribution in [3.05, 3.63) is 11.8 Å². The fourth-order valence-corrected chi connectivity index (χ4v) is 4.11. The Kier molecular flexibility index (Phi) is 2.46. The molecular formula is C14H22N4O. The Hall–Kier alpha value is -1.52. The van der Waals surface area contributed by atoms with Gasteiger partial charge in [0.25, 0.3) is 5.91 Å². The Balaban J connectivity index is 1.77. The number of rotatable bonds is 2. The van der Waals surface area contributed by atoms with Crippen LogP contribution in [0.5, 0.6) is 0 Å². The fourth-order valence-electron chi connectivity index (χ4n) is 4.11. The van der Waals surface area contributed by atoms with Crippen molar-refractivity contribution in [1.82, 2.24) is 15.5 Å². The van der Waals surface area contributed by atoms with Gasteiger partial charge in [0.15, 0.2) is 0 Å². The first kappa shape index (κ1) is 12.5. The molecule has 0 radical (unpaired) electrons. The Bertz CT molecular complexity index is 521. The Labute approximate surface area is 113 Å². The summed E-state index contributed by atoms with van der Waals surface area (Å²) in [5, 5.41) is 9.64. The van der Waals surface area contributed by atoms with E-state index >= 15 is 0 Å². The number of hydrogen-bond acceptors (Lipinski definition) is 3. The molecule has 4 N–H and O–H groups in total. The van der Waals surface area contributed by atoms with Gasteiger partial charge in [-0.15, -0.1) is 0 Å². The average Bonchev–Trinajstić information content (AvgIpc) is 2.91. The van der Waals surface area contributed by atoms with Crippen LogP contribution in [0, 0.1) is 16.7 Å². The first-order valence-corrected chi connectivity index (χ1v) is 6.96. The second-order valence-electron chi connectivity index (χ2n) is 6.84. The molecule has 5 nitrogen and oxygen atoms in total. The summed E-state index contributed by atoms with van der Waals surface area (Å²) in [6.45, 7) is 6.99. The second kappa shape index (κ2) is 3.74. The largest absolute Gasteiger partial charge is 0.382 e. The first-order chi connectivity index (χ1) is 8.84. The highest BCUT2D eigenvalue weighted by Gasteiger charge is 2.61. The molecule has 3 atom stereocenters. The van der Waals surface area contributed by atoms with Crippen LogP contribution in [0.1, 0.15) is 50.5 Å². The summed E-state index contributed by atoms with van der Waals surface area (Å²) in [7, 11) is 0. The third-order valence-electron chi connectivity index (χ3n) is 5.94. The molecule has 5 heteroatoms. The van der Waals surface area contributed by atoms with E-state index in [0.29, 0.717) is 16.9 Å². The zero-order chi connectivity index (χ0) is 13.8. The fraction of sp³-hybridized carbons (Fsp3) is 0.714. The van der Waals surface area contributed by atoms with Crippen LogP contribution in [-0.4, -0.2) is 22.1 Å². The number of H-pyrrole nitrogens is 1. The monoisotopic (exact) mass is 262 g/mol. The summed E-state index contributed by atoms with van der Waals surface area (Å²) in [6.07, 6.45) is 3.56. The van der Waals surface area contributed by atoms with Gasteiger partial charge in [0.05, 0.1) is 0 Å². The predicted octanol–water partition coefficient (Wildman–Crippen LogP) is 1.94. The van der Waals surface area contributed by atoms with Crippen molar-refractivity contribution in [1.29, 1.82) is 0 Å². The SMILES string of the molecule is CC1(C)C2CCC1(C)C(NC(=O)c1cc(N)n[nH]1)C2. The van der Waals surface area contributed by atoms with Crippen molar-refractivity contribution >= 4 is 11.7 Å². The minimum atomic E-state index is -0.0984. The molecule has 2 aliphatic carbocycles. The number of aromatic amines is 1. The van der Waals surface area contributed by atoms with E-state index in [-0.39, 0.29) is 17.4 Å². The normalized spacial score (nSPS) is 35.5. The number of nitrogens with one attached hydrogen (secondary N) is 2. The van der Waals surface area contributed by atoms with E-state index in [1.54, 1.807) is 6.07 Å². The van der Waals surface area contributed by atoms with E-state index < -0.39 is 0 Å². The standard InChI is InChI=1S/C14H22N4O/c1-13(2)8-4-5-14(13,3)10(6-8)16-12(19)9-7-11(15)18-17-9/h7-8,10H,4-6H2,1-3H3,(H,16,19)(H3,15,17,18). The molecule has 2 aliphatic rings. The summed E-state index contributed by atoms with van der Waals surface area (Å²) in [5.74, 6) is 0.970. The molecular weight excluding hydrogens is 240 g/mol. The predicted molar refractivity (Wildman–Crippen MR) is 73.5 cm³/mol. The van der Waals surface area contributed by atoms with Gasteiger partial charge in [-0.2, -0.15) is 5.10 Å². The summed E-state index contributed by atoms with van der Waals surface area (Å²) < 4.78 is 0. The van der Waals surface area contributed by atoms with Gasteiger partial charge in [-0.25, -0.2) is 0 Å². The van der Waals surface area contributed by atoms with Gasteiger partial charge in [-0.3, -0.25) is 9.89 Å². The van der Waals surface area contributed by atoms with Crippen LogP contribution in [0.2, 0.25) is 0 Å². The number of anilines is 1. The van der Waals surface area contributed by atoms with Crippen LogP contribution in [0.15, 0.2) is 6.07 Å². The van der Waals surface area contributed by atoms with Gasteiger partial charge in [0.1, 0.15) is 11.5 Å². The summed E-state index contributed by atoms with van der Waals surface area (Å²) in [4.78, 5) is 12.2. The molecule has 104 valence electrons. The van der Waals surface area contributed by atoms with Crippen molar-refractivity contribution in [2.45, 2.75) is 46.1 Å². The molecule has 1 aromatic rings. The van der Waals surface area contributed by atoms with Crippen molar-refractivity contribution in [3.63, 3.8) is 0 Å². The van der Waals surface area contributed by atoms with Gasteiger partial charge >= 0.3 is 0 Å². The Morgan fingerprint density at radius 2 is 2.26 bits per heavy atom. The molecule has 1 heterocycles. The average molecular weight is 262 g/mol.